The van der Waals surface area contributed by atoms with Crippen LogP contribution in [0.25, 0.3) is 5.70 Å². The van der Waals surface area contributed by atoms with Crippen LogP contribution in [-0.4, -0.2) is 44.8 Å². The zero-order valence-electron chi connectivity index (χ0n) is 20.1. The van der Waals surface area contributed by atoms with E-state index in [1.54, 1.807) is 23.0 Å². The van der Waals surface area contributed by atoms with E-state index < -0.39 is 0 Å². The topological polar surface area (TPSA) is 53.0 Å². The van der Waals surface area contributed by atoms with Crippen LogP contribution in [0.5, 0.6) is 0 Å². The highest BCUT2D eigenvalue weighted by Crippen LogP contribution is 2.28. The first-order valence-electron chi connectivity index (χ1n) is 11.7. The smallest absolute Gasteiger partial charge is 0.202 e. The Hall–Kier alpha value is -3.06. The van der Waals surface area contributed by atoms with Gasteiger partial charge in [-0.15, -0.1) is 0 Å². The first kappa shape index (κ1) is 25.6. The third kappa shape index (κ3) is 6.73. The number of unbranched alkanes of at least 4 members (excludes halogenated alkanes) is 2. The van der Waals surface area contributed by atoms with Crippen molar-refractivity contribution >= 4 is 23.1 Å². The molecule has 2 heterocycles. The number of hydrogen-bond donors (Lipinski definition) is 1. The number of imidazole rings is 1. The van der Waals surface area contributed by atoms with Crippen molar-refractivity contribution in [2.45, 2.75) is 45.6 Å². The van der Waals surface area contributed by atoms with Gasteiger partial charge in [0.1, 0.15) is 11.5 Å². The molecule has 34 heavy (non-hydrogen) atoms. The lowest BCUT2D eigenvalue weighted by atomic mass is 10.2. The van der Waals surface area contributed by atoms with Gasteiger partial charge in [0.05, 0.1) is 18.4 Å². The molecule has 1 aromatic carbocycles. The van der Waals surface area contributed by atoms with Gasteiger partial charge in [0.25, 0.3) is 0 Å². The number of hydrogen-bond acceptors (Lipinski definition) is 4. The Balaban J connectivity index is 1.55. The number of aromatic amines is 1. The Morgan fingerprint density at radius 2 is 2.03 bits per heavy atom. The normalized spacial score (nSPS) is 10.9. The molecule has 0 bridgehead atoms. The molecular formula is C26H34ClFN6. The minimum atomic E-state index is -0.210. The zero-order chi connectivity index (χ0) is 24.5. The summed E-state index contributed by atoms with van der Waals surface area (Å²) in [6.07, 6.45) is 10.7. The van der Waals surface area contributed by atoms with Crippen LogP contribution in [0, 0.1) is 5.82 Å². The molecule has 0 aliphatic rings. The van der Waals surface area contributed by atoms with E-state index in [1.165, 1.54) is 6.07 Å². The summed E-state index contributed by atoms with van der Waals surface area (Å²) in [5.74, 6) is 0.542. The third-order valence-electron chi connectivity index (χ3n) is 5.84. The molecule has 2 aromatic heterocycles. The average molecular weight is 485 g/mol. The molecule has 0 atom stereocenters. The molecule has 0 aliphatic carbocycles. The second kappa shape index (κ2) is 12.4. The quantitative estimate of drug-likeness (QED) is 0.280. The summed E-state index contributed by atoms with van der Waals surface area (Å²) in [4.78, 5) is 11.7. The monoisotopic (exact) mass is 484 g/mol. The van der Waals surface area contributed by atoms with E-state index >= 15 is 0 Å². The van der Waals surface area contributed by atoms with Crippen molar-refractivity contribution in [1.82, 2.24) is 24.6 Å². The van der Waals surface area contributed by atoms with Gasteiger partial charge in [-0.2, -0.15) is 10.1 Å². The molecule has 3 rings (SSSR count). The molecule has 0 saturated heterocycles. The summed E-state index contributed by atoms with van der Waals surface area (Å²) in [6.45, 7) is 12.5. The van der Waals surface area contributed by atoms with Crippen LogP contribution in [0.4, 0.5) is 10.2 Å². The van der Waals surface area contributed by atoms with Crippen molar-refractivity contribution < 1.29 is 4.39 Å². The van der Waals surface area contributed by atoms with Crippen LogP contribution in [-0.2, 0) is 13.0 Å². The maximum atomic E-state index is 13.9. The summed E-state index contributed by atoms with van der Waals surface area (Å²) in [5, 5.41) is 4.72. The number of H-pyrrole nitrogens is 1. The van der Waals surface area contributed by atoms with E-state index in [0.29, 0.717) is 17.4 Å². The van der Waals surface area contributed by atoms with Crippen molar-refractivity contribution in [3.63, 3.8) is 0 Å². The van der Waals surface area contributed by atoms with Crippen LogP contribution in [0.1, 0.15) is 49.4 Å². The van der Waals surface area contributed by atoms with Gasteiger partial charge in [0.2, 0.25) is 5.28 Å². The number of benzene rings is 1. The minimum Gasteiger partial charge on any atom is -0.373 e. The highest BCUT2D eigenvalue weighted by molar-refractivity contribution is 6.28. The third-order valence-corrected chi connectivity index (χ3v) is 6.02. The van der Waals surface area contributed by atoms with Gasteiger partial charge in [-0.1, -0.05) is 51.1 Å². The molecule has 182 valence electrons. The fraction of sp³-hybridized carbons (Fsp3) is 0.385. The van der Waals surface area contributed by atoms with Crippen molar-refractivity contribution in [3.05, 3.63) is 83.9 Å². The number of nitrogens with zero attached hydrogens (tertiary/aromatic N) is 5. The lowest BCUT2D eigenvalue weighted by Gasteiger charge is -2.24. The van der Waals surface area contributed by atoms with Crippen molar-refractivity contribution in [3.8, 4) is 0 Å². The fourth-order valence-electron chi connectivity index (χ4n) is 3.83. The van der Waals surface area contributed by atoms with Crippen LogP contribution in [0.2, 0.25) is 5.28 Å². The molecule has 0 fully saturated rings. The predicted molar refractivity (Wildman–Crippen MR) is 138 cm³/mol. The zero-order valence-corrected chi connectivity index (χ0v) is 20.9. The summed E-state index contributed by atoms with van der Waals surface area (Å²) < 4.78 is 15.7. The molecular weight excluding hydrogens is 451 g/mol. The minimum absolute atomic E-state index is 0.210. The van der Waals surface area contributed by atoms with Crippen LogP contribution in [0.3, 0.4) is 0 Å². The van der Waals surface area contributed by atoms with Crippen LogP contribution >= 0.6 is 11.6 Å². The molecule has 0 unspecified atom stereocenters. The first-order valence-corrected chi connectivity index (χ1v) is 12.1. The van der Waals surface area contributed by atoms with Gasteiger partial charge in [0.15, 0.2) is 5.82 Å². The number of aryl methyl sites for hydroxylation is 1. The van der Waals surface area contributed by atoms with Gasteiger partial charge in [-0.3, -0.25) is 4.68 Å². The van der Waals surface area contributed by atoms with E-state index in [4.69, 9.17) is 11.6 Å². The maximum absolute atomic E-state index is 13.9. The summed E-state index contributed by atoms with van der Waals surface area (Å²) >= 11 is 6.21. The van der Waals surface area contributed by atoms with E-state index in [2.05, 4.69) is 40.0 Å². The Morgan fingerprint density at radius 1 is 1.24 bits per heavy atom. The van der Waals surface area contributed by atoms with Gasteiger partial charge in [-0.25, -0.2) is 4.39 Å². The van der Waals surface area contributed by atoms with Gasteiger partial charge in [0, 0.05) is 31.9 Å². The van der Waals surface area contributed by atoms with E-state index in [-0.39, 0.29) is 5.82 Å². The fourth-order valence-corrected chi connectivity index (χ4v) is 4.00. The van der Waals surface area contributed by atoms with Gasteiger partial charge >= 0.3 is 0 Å². The van der Waals surface area contributed by atoms with Crippen molar-refractivity contribution in [1.29, 1.82) is 0 Å². The van der Waals surface area contributed by atoms with Crippen LogP contribution in [0.15, 0.2) is 56.0 Å². The van der Waals surface area contributed by atoms with Gasteiger partial charge in [-0.05, 0) is 48.7 Å². The number of aromatic nitrogens is 4. The highest BCUT2D eigenvalue weighted by Gasteiger charge is 2.19. The number of anilines is 1. The predicted octanol–water partition coefficient (Wildman–Crippen LogP) is 6.12. The SMILES string of the molecule is C=CN(CCCCC)c1nc(Cl)[nH]c1C(=C)N(C)CCCc1cnn(Cc2ccccc2F)c1. The van der Waals surface area contributed by atoms with Crippen molar-refractivity contribution in [2.75, 3.05) is 25.0 Å². The summed E-state index contributed by atoms with van der Waals surface area (Å²) in [5.41, 5.74) is 3.38. The second-order valence-corrected chi connectivity index (χ2v) is 8.78. The summed E-state index contributed by atoms with van der Waals surface area (Å²) in [7, 11) is 2.01. The Bertz CT molecular complexity index is 1090. The Kier molecular flexibility index (Phi) is 9.33. The lowest BCUT2D eigenvalue weighted by molar-refractivity contribution is 0.465. The Labute approximate surface area is 206 Å². The standard InChI is InChI=1S/C26H34ClFN6/c1-5-7-10-16-33(6-2)25-24(30-26(27)31-25)20(3)32(4)15-11-12-21-17-29-34(18-21)19-22-13-8-9-14-23(22)28/h6,8-9,13-14,17-18H,2-3,5,7,10-12,15-16,19H2,1,4H3,(H,30,31). The van der Waals surface area contributed by atoms with E-state index in [9.17, 15) is 4.39 Å². The highest BCUT2D eigenvalue weighted by atomic mass is 35.5. The van der Waals surface area contributed by atoms with E-state index in [0.717, 1.165) is 68.0 Å². The van der Waals surface area contributed by atoms with Crippen LogP contribution < -0.4 is 4.90 Å². The second-order valence-electron chi connectivity index (χ2n) is 8.42. The van der Waals surface area contributed by atoms with E-state index in [1.807, 2.05) is 30.4 Å². The summed E-state index contributed by atoms with van der Waals surface area (Å²) in [6, 6.07) is 6.79. The molecule has 0 amide bonds. The molecule has 3 aromatic rings. The maximum Gasteiger partial charge on any atom is 0.202 e. The van der Waals surface area contributed by atoms with Gasteiger partial charge < -0.3 is 14.8 Å². The molecule has 8 heteroatoms. The molecule has 0 aliphatic heterocycles. The molecule has 1 N–H and O–H groups in total. The Morgan fingerprint density at radius 3 is 2.76 bits per heavy atom. The largest absolute Gasteiger partial charge is 0.373 e. The molecule has 6 nitrogen and oxygen atoms in total. The molecule has 0 spiro atoms. The molecule has 0 saturated carbocycles. The number of rotatable bonds is 14. The average Bonchev–Trinajstić information content (AvgIpc) is 3.44. The number of halogens is 2. The first-order chi connectivity index (χ1) is 16.4. The molecule has 0 radical (unpaired) electrons. The lowest BCUT2D eigenvalue weighted by Crippen LogP contribution is -2.22. The number of nitrogens with one attached hydrogen (secondary N) is 1. The van der Waals surface area contributed by atoms with Crippen molar-refractivity contribution in [2.24, 2.45) is 0 Å².